The van der Waals surface area contributed by atoms with Gasteiger partial charge in [0.2, 0.25) is 0 Å². The number of rotatable bonds is 3. The topological polar surface area (TPSA) is 21.7 Å². The summed E-state index contributed by atoms with van der Waals surface area (Å²) in [6, 6.07) is 46.2. The highest BCUT2D eigenvalue weighted by Crippen LogP contribution is 2.56. The van der Waals surface area contributed by atoms with Crippen LogP contribution in [0.2, 0.25) is 0 Å². The van der Waals surface area contributed by atoms with E-state index < -0.39 is 0 Å². The quantitative estimate of drug-likeness (QED) is 0.177. The molecule has 7 aromatic rings. The largest absolute Gasteiger partial charge is 0.458 e. The van der Waals surface area contributed by atoms with Crippen LogP contribution in [0.3, 0.4) is 0 Å². The van der Waals surface area contributed by atoms with Gasteiger partial charge in [-0.2, -0.15) is 0 Å². The number of hydrogen-bond donors (Lipinski definition) is 0. The van der Waals surface area contributed by atoms with Crippen molar-refractivity contribution in [3.05, 3.63) is 162 Å². The molecule has 0 saturated heterocycles. The molecule has 0 amide bonds. The van der Waals surface area contributed by atoms with Crippen molar-refractivity contribution in [2.75, 3.05) is 4.90 Å². The number of hydrogen-bond acceptors (Lipinski definition) is 3. The molecule has 0 saturated carbocycles. The van der Waals surface area contributed by atoms with Gasteiger partial charge >= 0.3 is 0 Å². The molecule has 0 N–H and O–H groups in total. The second kappa shape index (κ2) is 10.5. The van der Waals surface area contributed by atoms with E-state index in [0.29, 0.717) is 0 Å². The Labute approximate surface area is 298 Å². The number of allylic oxidation sites excluding steroid dienone is 3. The summed E-state index contributed by atoms with van der Waals surface area (Å²) in [6.45, 7) is 4.70. The first-order chi connectivity index (χ1) is 25.1. The molecule has 2 aliphatic carbocycles. The second-order valence-electron chi connectivity index (χ2n) is 14.7. The van der Waals surface area contributed by atoms with Crippen molar-refractivity contribution in [1.82, 2.24) is 0 Å². The van der Waals surface area contributed by atoms with Gasteiger partial charge in [0.15, 0.2) is 0 Å². The molecule has 0 aromatic heterocycles. The Morgan fingerprint density at radius 3 is 2.00 bits per heavy atom. The predicted octanol–water partition coefficient (Wildman–Crippen LogP) is 10.4. The van der Waals surface area contributed by atoms with E-state index in [9.17, 15) is 0 Å². The standard InChI is InChI=1S/C47H34BNO2/c1-47(2)38-27-33(49(31-15-5-3-6-16-31)32-17-7-4-8-18-32)23-24-36(38)37-28-41-43-46(42(37)47)51-45-35-20-12-10-14-30(35)22-26-40(45)48(43)39-25-21-29-13-9-11-19-34(29)44(39)50-41/h3,5-7,9-28H,4,8H2,1-2H3. The van der Waals surface area contributed by atoms with Crippen LogP contribution in [0.15, 0.2) is 151 Å². The van der Waals surface area contributed by atoms with Crippen LogP contribution in [-0.4, -0.2) is 6.71 Å². The third-order valence-electron chi connectivity index (χ3n) is 11.5. The zero-order valence-corrected chi connectivity index (χ0v) is 28.6. The first-order valence-electron chi connectivity index (χ1n) is 18.0. The number of anilines is 2. The molecule has 0 atom stereocenters. The number of fused-ring (bicyclic) bond motifs is 12. The van der Waals surface area contributed by atoms with E-state index in [0.717, 1.165) is 63.4 Å². The Balaban J connectivity index is 1.16. The molecule has 2 aliphatic heterocycles. The van der Waals surface area contributed by atoms with Gasteiger partial charge < -0.3 is 14.4 Å². The average Bonchev–Trinajstić information content (AvgIpc) is 3.40. The lowest BCUT2D eigenvalue weighted by molar-refractivity contribution is 0.458. The van der Waals surface area contributed by atoms with Gasteiger partial charge in [-0.3, -0.25) is 0 Å². The van der Waals surface area contributed by atoms with Crippen molar-refractivity contribution in [2.45, 2.75) is 32.1 Å². The summed E-state index contributed by atoms with van der Waals surface area (Å²) in [4.78, 5) is 2.39. The second-order valence-corrected chi connectivity index (χ2v) is 14.7. The van der Waals surface area contributed by atoms with Crippen molar-refractivity contribution < 1.29 is 9.47 Å². The molecule has 51 heavy (non-hydrogen) atoms. The lowest BCUT2D eigenvalue weighted by atomic mass is 9.34. The Hall–Kier alpha value is -6.00. The fourth-order valence-corrected chi connectivity index (χ4v) is 9.19. The summed E-state index contributed by atoms with van der Waals surface area (Å²) in [6.07, 6.45) is 9.01. The fraction of sp³-hybridized carbons (Fsp3) is 0.106. The van der Waals surface area contributed by atoms with Gasteiger partial charge in [-0.25, -0.2) is 0 Å². The smallest absolute Gasteiger partial charge is 0.260 e. The van der Waals surface area contributed by atoms with Gasteiger partial charge in [0.1, 0.15) is 23.0 Å². The van der Waals surface area contributed by atoms with Crippen LogP contribution in [0.1, 0.15) is 37.8 Å². The molecular weight excluding hydrogens is 621 g/mol. The normalized spacial score (nSPS) is 15.6. The summed E-state index contributed by atoms with van der Waals surface area (Å²) in [5, 5.41) is 4.62. The molecule has 7 aromatic carbocycles. The van der Waals surface area contributed by atoms with Gasteiger partial charge in [-0.05, 0) is 87.6 Å². The van der Waals surface area contributed by atoms with Crippen molar-refractivity contribution >= 4 is 56.0 Å². The third-order valence-corrected chi connectivity index (χ3v) is 11.5. The molecule has 0 spiro atoms. The molecule has 0 radical (unpaired) electrons. The van der Waals surface area contributed by atoms with E-state index in [1.165, 1.54) is 49.6 Å². The maximum atomic E-state index is 7.28. The van der Waals surface area contributed by atoms with Crippen LogP contribution in [0.5, 0.6) is 23.0 Å². The van der Waals surface area contributed by atoms with E-state index in [1.807, 2.05) is 0 Å². The molecule has 4 aliphatic rings. The minimum atomic E-state index is -0.333. The van der Waals surface area contributed by atoms with Gasteiger partial charge in [0, 0.05) is 44.3 Å². The number of para-hydroxylation sites is 1. The molecule has 242 valence electrons. The highest BCUT2D eigenvalue weighted by atomic mass is 16.5. The lowest BCUT2D eigenvalue weighted by Gasteiger charge is -2.37. The van der Waals surface area contributed by atoms with E-state index >= 15 is 0 Å². The summed E-state index contributed by atoms with van der Waals surface area (Å²) in [7, 11) is 0. The Morgan fingerprint density at radius 1 is 0.608 bits per heavy atom. The highest BCUT2D eigenvalue weighted by Gasteiger charge is 2.48. The van der Waals surface area contributed by atoms with Crippen LogP contribution in [0.25, 0.3) is 32.7 Å². The van der Waals surface area contributed by atoms with Crippen LogP contribution in [0.4, 0.5) is 11.4 Å². The maximum absolute atomic E-state index is 7.28. The van der Waals surface area contributed by atoms with E-state index in [1.54, 1.807) is 0 Å². The monoisotopic (exact) mass is 655 g/mol. The molecule has 0 fully saturated rings. The molecule has 3 nitrogen and oxygen atoms in total. The summed E-state index contributed by atoms with van der Waals surface area (Å²) in [5.74, 6) is 3.71. The van der Waals surface area contributed by atoms with Crippen LogP contribution in [0, 0.1) is 0 Å². The number of benzene rings is 7. The minimum absolute atomic E-state index is 0.0179. The first-order valence-corrected chi connectivity index (χ1v) is 18.0. The lowest BCUT2D eigenvalue weighted by Crippen LogP contribution is -2.57. The molecule has 4 heteroatoms. The van der Waals surface area contributed by atoms with Crippen molar-refractivity contribution in [2.24, 2.45) is 0 Å². The van der Waals surface area contributed by atoms with Gasteiger partial charge in [-0.15, -0.1) is 0 Å². The van der Waals surface area contributed by atoms with Crippen LogP contribution in [-0.2, 0) is 5.41 Å². The fourth-order valence-electron chi connectivity index (χ4n) is 9.19. The highest BCUT2D eigenvalue weighted by molar-refractivity contribution is 6.98. The predicted molar refractivity (Wildman–Crippen MR) is 212 cm³/mol. The van der Waals surface area contributed by atoms with Crippen molar-refractivity contribution in [1.29, 1.82) is 0 Å². The van der Waals surface area contributed by atoms with Crippen molar-refractivity contribution in [3.63, 3.8) is 0 Å². The Morgan fingerprint density at radius 2 is 1.29 bits per heavy atom. The van der Waals surface area contributed by atoms with E-state index in [-0.39, 0.29) is 12.1 Å². The molecule has 2 heterocycles. The number of ether oxygens (including phenoxy) is 2. The van der Waals surface area contributed by atoms with Gasteiger partial charge in [0.05, 0.1) is 0 Å². The van der Waals surface area contributed by atoms with Gasteiger partial charge in [-0.1, -0.05) is 123 Å². The molecule has 0 bridgehead atoms. The van der Waals surface area contributed by atoms with Crippen LogP contribution < -0.4 is 30.8 Å². The Bertz CT molecular complexity index is 2680. The average molecular weight is 656 g/mol. The maximum Gasteiger partial charge on any atom is 0.260 e. The molecular formula is C47H34BNO2. The summed E-state index contributed by atoms with van der Waals surface area (Å²) in [5.41, 5.74) is 11.6. The zero-order valence-electron chi connectivity index (χ0n) is 28.6. The summed E-state index contributed by atoms with van der Waals surface area (Å²) < 4.78 is 14.3. The van der Waals surface area contributed by atoms with E-state index in [2.05, 4.69) is 164 Å². The van der Waals surface area contributed by atoms with E-state index in [4.69, 9.17) is 9.47 Å². The summed E-state index contributed by atoms with van der Waals surface area (Å²) >= 11 is 0. The molecule has 0 unspecified atom stereocenters. The van der Waals surface area contributed by atoms with Gasteiger partial charge in [0.25, 0.3) is 6.71 Å². The SMILES string of the molecule is CC1(C)c2cc(N(C3=CCCC=C3)c3ccccc3)ccc2-c2cc3c4c(c21)Oc1c(ccc2ccccc12)B4c1ccc2ccccc2c1O3. The minimum Gasteiger partial charge on any atom is -0.458 e. The first kappa shape index (κ1) is 28.8. The van der Waals surface area contributed by atoms with Crippen LogP contribution >= 0.6 is 0 Å². The van der Waals surface area contributed by atoms with Crippen molar-refractivity contribution in [3.8, 4) is 34.1 Å². The number of nitrogens with zero attached hydrogens (tertiary/aromatic N) is 1. The molecule has 11 rings (SSSR count). The third kappa shape index (κ3) is 4.02. The Kier molecular flexibility index (Phi) is 5.93. The zero-order chi connectivity index (χ0) is 33.8.